The first-order valence-electron chi connectivity index (χ1n) is 12.5. The average molecular weight is 533 g/mol. The molecule has 5 rings (SSSR count). The molecule has 7 nitrogen and oxygen atoms in total. The van der Waals surface area contributed by atoms with Crippen molar-refractivity contribution in [2.24, 2.45) is 11.8 Å². The normalized spacial score (nSPS) is 24.1. The number of ether oxygens (including phenoxy) is 1. The number of carbonyl (C=O) groups excluding carboxylic acids is 3. The predicted octanol–water partition coefficient (Wildman–Crippen LogP) is 5.36. The van der Waals surface area contributed by atoms with Gasteiger partial charge in [0.05, 0.1) is 30.0 Å². The number of hydrogen-bond donors (Lipinski definition) is 0. The van der Waals surface area contributed by atoms with E-state index in [-0.39, 0.29) is 42.4 Å². The third-order valence-corrected chi connectivity index (χ3v) is 7.60. The third kappa shape index (κ3) is 5.48. The number of anilines is 1. The van der Waals surface area contributed by atoms with Gasteiger partial charge < -0.3 is 4.74 Å². The van der Waals surface area contributed by atoms with Gasteiger partial charge in [-0.05, 0) is 61.4 Å². The Morgan fingerprint density at radius 1 is 0.973 bits per heavy atom. The zero-order valence-electron chi connectivity index (χ0n) is 20.1. The maximum atomic E-state index is 13.7. The Hall–Kier alpha value is -3.04. The maximum Gasteiger partial charge on any atom is 0.249 e. The molecule has 196 valence electrons. The number of imide groups is 1. The zero-order chi connectivity index (χ0) is 26.1. The molecule has 0 bridgehead atoms. The van der Waals surface area contributed by atoms with E-state index in [2.05, 4.69) is 0 Å². The van der Waals surface area contributed by atoms with Gasteiger partial charge >= 0.3 is 0 Å². The van der Waals surface area contributed by atoms with E-state index in [1.54, 1.807) is 18.2 Å². The summed E-state index contributed by atoms with van der Waals surface area (Å²) in [6, 6.07) is 7.63. The SMILES string of the molecule is O=C1CCC(=O)N1c1ccc(Cl)c(OCC2CCC(C(=O)N3OCC[C@H]3c3cc(F)cc(F)c3)CC2)c1. The quantitative estimate of drug-likeness (QED) is 0.468. The molecule has 0 spiro atoms. The summed E-state index contributed by atoms with van der Waals surface area (Å²) in [6.45, 7) is 0.698. The van der Waals surface area contributed by atoms with Crippen LogP contribution in [0.2, 0.25) is 5.02 Å². The number of benzene rings is 2. The standard InChI is InChI=1S/C27H27ClF2N2O5/c28-22-6-5-21(31-25(33)7-8-26(31)34)14-24(22)36-15-16-1-3-17(4-2-16)27(35)32-23(9-10-37-32)18-11-19(29)13-20(30)12-18/h5-6,11-14,16-17,23H,1-4,7-10,15H2/t16?,17?,23-/m0/s1. The summed E-state index contributed by atoms with van der Waals surface area (Å²) >= 11 is 6.29. The molecule has 0 unspecified atom stereocenters. The molecule has 2 aromatic carbocycles. The van der Waals surface area contributed by atoms with Crippen molar-refractivity contribution in [2.45, 2.75) is 51.0 Å². The topological polar surface area (TPSA) is 76.2 Å². The minimum atomic E-state index is -0.681. The summed E-state index contributed by atoms with van der Waals surface area (Å²) in [6.07, 6.45) is 3.66. The van der Waals surface area contributed by atoms with Crippen LogP contribution < -0.4 is 9.64 Å². The average Bonchev–Trinajstić information content (AvgIpc) is 3.49. The first kappa shape index (κ1) is 25.6. The molecule has 10 heteroatoms. The van der Waals surface area contributed by atoms with E-state index in [0.29, 0.717) is 54.5 Å². The monoisotopic (exact) mass is 532 g/mol. The Kier molecular flexibility index (Phi) is 7.44. The molecule has 3 aliphatic rings. The van der Waals surface area contributed by atoms with Gasteiger partial charge in [0.2, 0.25) is 17.7 Å². The molecule has 0 radical (unpaired) electrons. The van der Waals surface area contributed by atoms with Gasteiger partial charge in [-0.3, -0.25) is 24.1 Å². The molecule has 2 heterocycles. The third-order valence-electron chi connectivity index (χ3n) is 7.29. The van der Waals surface area contributed by atoms with Gasteiger partial charge in [0, 0.05) is 37.3 Å². The Morgan fingerprint density at radius 2 is 1.65 bits per heavy atom. The van der Waals surface area contributed by atoms with Gasteiger partial charge in [0.25, 0.3) is 0 Å². The minimum Gasteiger partial charge on any atom is -0.492 e. The molecule has 1 aliphatic carbocycles. The van der Waals surface area contributed by atoms with Crippen LogP contribution in [-0.4, -0.2) is 36.0 Å². The lowest BCUT2D eigenvalue weighted by Crippen LogP contribution is -2.37. The van der Waals surface area contributed by atoms with E-state index in [1.165, 1.54) is 17.2 Å². The second kappa shape index (κ2) is 10.8. The molecule has 0 aromatic heterocycles. The van der Waals surface area contributed by atoms with Crippen LogP contribution in [0.4, 0.5) is 14.5 Å². The minimum absolute atomic E-state index is 0.165. The molecule has 1 atom stereocenters. The van der Waals surface area contributed by atoms with E-state index >= 15 is 0 Å². The summed E-state index contributed by atoms with van der Waals surface area (Å²) in [4.78, 5) is 44.1. The lowest BCUT2D eigenvalue weighted by Gasteiger charge is -2.32. The van der Waals surface area contributed by atoms with Gasteiger partial charge in [-0.25, -0.2) is 13.8 Å². The van der Waals surface area contributed by atoms with Gasteiger partial charge in [-0.15, -0.1) is 0 Å². The lowest BCUT2D eigenvalue weighted by atomic mass is 9.81. The number of amides is 3. The summed E-state index contributed by atoms with van der Waals surface area (Å²) < 4.78 is 33.4. The molecule has 3 fully saturated rings. The van der Waals surface area contributed by atoms with Crippen LogP contribution in [0.5, 0.6) is 5.75 Å². The Morgan fingerprint density at radius 3 is 2.32 bits per heavy atom. The van der Waals surface area contributed by atoms with Crippen LogP contribution in [0, 0.1) is 23.5 Å². The molecular weight excluding hydrogens is 506 g/mol. The molecule has 37 heavy (non-hydrogen) atoms. The fourth-order valence-electron chi connectivity index (χ4n) is 5.33. The molecule has 2 saturated heterocycles. The number of rotatable bonds is 6. The van der Waals surface area contributed by atoms with Crippen molar-refractivity contribution in [3.05, 3.63) is 58.6 Å². The first-order chi connectivity index (χ1) is 17.8. The van der Waals surface area contributed by atoms with Crippen LogP contribution in [-0.2, 0) is 19.2 Å². The highest BCUT2D eigenvalue weighted by Crippen LogP contribution is 2.38. The molecular formula is C27H27ClF2N2O5. The van der Waals surface area contributed by atoms with Crippen LogP contribution in [0.25, 0.3) is 0 Å². The smallest absolute Gasteiger partial charge is 0.249 e. The van der Waals surface area contributed by atoms with Crippen molar-refractivity contribution in [1.82, 2.24) is 5.06 Å². The van der Waals surface area contributed by atoms with Crippen LogP contribution in [0.3, 0.4) is 0 Å². The Balaban J connectivity index is 1.16. The maximum absolute atomic E-state index is 13.7. The fraction of sp³-hybridized carbons (Fsp3) is 0.444. The number of halogens is 3. The fourth-order valence-corrected chi connectivity index (χ4v) is 5.50. The van der Waals surface area contributed by atoms with Gasteiger partial charge in [-0.1, -0.05) is 11.6 Å². The number of hydrogen-bond acceptors (Lipinski definition) is 5. The van der Waals surface area contributed by atoms with E-state index in [0.717, 1.165) is 23.8 Å². The van der Waals surface area contributed by atoms with Crippen molar-refractivity contribution < 1.29 is 32.7 Å². The summed E-state index contributed by atoms with van der Waals surface area (Å²) in [7, 11) is 0. The highest BCUT2D eigenvalue weighted by molar-refractivity contribution is 6.32. The van der Waals surface area contributed by atoms with Crippen molar-refractivity contribution >= 4 is 35.0 Å². The predicted molar refractivity (Wildman–Crippen MR) is 131 cm³/mol. The molecule has 1 saturated carbocycles. The highest BCUT2D eigenvalue weighted by Gasteiger charge is 2.38. The van der Waals surface area contributed by atoms with Crippen molar-refractivity contribution in [3.63, 3.8) is 0 Å². The molecule has 2 aliphatic heterocycles. The molecule has 0 N–H and O–H groups in total. The highest BCUT2D eigenvalue weighted by atomic mass is 35.5. The summed E-state index contributed by atoms with van der Waals surface area (Å²) in [5, 5.41) is 1.68. The second-order valence-corrected chi connectivity index (χ2v) is 10.2. The van der Waals surface area contributed by atoms with Crippen LogP contribution in [0.1, 0.15) is 56.6 Å². The van der Waals surface area contributed by atoms with Crippen molar-refractivity contribution in [2.75, 3.05) is 18.1 Å². The Bertz CT molecular complexity index is 1180. The lowest BCUT2D eigenvalue weighted by molar-refractivity contribution is -0.183. The van der Waals surface area contributed by atoms with Gasteiger partial charge in [0.15, 0.2) is 0 Å². The Labute approximate surface area is 218 Å². The van der Waals surface area contributed by atoms with E-state index < -0.39 is 17.7 Å². The van der Waals surface area contributed by atoms with E-state index in [1.807, 2.05) is 0 Å². The summed E-state index contributed by atoms with van der Waals surface area (Å²) in [5.74, 6) is -1.65. The number of hydroxylamine groups is 2. The van der Waals surface area contributed by atoms with Crippen molar-refractivity contribution in [1.29, 1.82) is 0 Å². The van der Waals surface area contributed by atoms with Crippen LogP contribution >= 0.6 is 11.6 Å². The van der Waals surface area contributed by atoms with Gasteiger partial charge in [0.1, 0.15) is 17.4 Å². The van der Waals surface area contributed by atoms with E-state index in [9.17, 15) is 23.2 Å². The second-order valence-electron chi connectivity index (χ2n) is 9.77. The molecule has 2 aromatic rings. The first-order valence-corrected chi connectivity index (χ1v) is 12.9. The number of nitrogens with zero attached hydrogens (tertiary/aromatic N) is 2. The summed E-state index contributed by atoms with van der Waals surface area (Å²) in [5.41, 5.74) is 0.835. The van der Waals surface area contributed by atoms with Crippen molar-refractivity contribution in [3.8, 4) is 5.75 Å². The molecule has 3 amide bonds. The van der Waals surface area contributed by atoms with Gasteiger partial charge in [-0.2, -0.15) is 0 Å². The van der Waals surface area contributed by atoms with E-state index in [4.69, 9.17) is 21.2 Å². The zero-order valence-corrected chi connectivity index (χ0v) is 20.9. The largest absolute Gasteiger partial charge is 0.492 e. The number of carbonyl (C=O) groups is 3. The van der Waals surface area contributed by atoms with Crippen LogP contribution in [0.15, 0.2) is 36.4 Å².